The highest BCUT2D eigenvalue weighted by Crippen LogP contribution is 2.18. The first-order valence-corrected chi connectivity index (χ1v) is 5.85. The number of fused-ring (bicyclic) bond motifs is 1. The molecule has 0 unspecified atom stereocenters. The van der Waals surface area contributed by atoms with Crippen molar-refractivity contribution < 1.29 is 0 Å². The Balaban J connectivity index is 1.75. The molecule has 0 fully saturated rings. The first-order chi connectivity index (χ1) is 10.4. The monoisotopic (exact) mass is 284 g/mol. The van der Waals surface area contributed by atoms with Crippen molar-refractivity contribution >= 4 is 29.3 Å². The molecule has 104 valence electrons. The van der Waals surface area contributed by atoms with E-state index in [1.165, 1.54) is 23.5 Å². The van der Waals surface area contributed by atoms with Gasteiger partial charge in [0.25, 0.3) is 5.78 Å². The summed E-state index contributed by atoms with van der Waals surface area (Å²) in [5.74, 6) is 2.31. The van der Waals surface area contributed by atoms with Crippen LogP contribution >= 0.6 is 0 Å². The van der Waals surface area contributed by atoms with Crippen LogP contribution in [0.4, 0.5) is 23.5 Å². The number of rotatable bonds is 4. The maximum absolute atomic E-state index is 4.30. The molecular formula is C9H8N12. The molecule has 4 heterocycles. The van der Waals surface area contributed by atoms with Crippen LogP contribution in [-0.2, 0) is 0 Å². The van der Waals surface area contributed by atoms with E-state index in [2.05, 4.69) is 56.1 Å². The number of hydrogen-bond donors (Lipinski definition) is 4. The van der Waals surface area contributed by atoms with E-state index in [1.807, 2.05) is 0 Å². The topological polar surface area (TPSA) is 150 Å². The van der Waals surface area contributed by atoms with Crippen LogP contribution in [0.5, 0.6) is 0 Å². The number of H-pyrrole nitrogens is 2. The van der Waals surface area contributed by atoms with Crippen molar-refractivity contribution in [3.05, 3.63) is 25.0 Å². The molecule has 4 aromatic heterocycles. The summed E-state index contributed by atoms with van der Waals surface area (Å²) in [6, 6.07) is 1.72. The Morgan fingerprint density at radius 3 is 2.43 bits per heavy atom. The van der Waals surface area contributed by atoms with Crippen molar-refractivity contribution in [1.82, 2.24) is 49.9 Å². The van der Waals surface area contributed by atoms with Gasteiger partial charge in [0.05, 0.1) is 0 Å². The fourth-order valence-corrected chi connectivity index (χ4v) is 1.73. The van der Waals surface area contributed by atoms with Crippen molar-refractivity contribution in [2.45, 2.75) is 0 Å². The van der Waals surface area contributed by atoms with Gasteiger partial charge in [0.2, 0.25) is 11.9 Å². The standard InChI is InChI=1S/C9H8N12/c1-5(16-7-10-2-13-19-7)17-9-12-4-15-21(9)6(1)18-8-11-3-14-20-8/h1-4H,(H2,11,14,18,20)(H2,10,12,13,15,16,17,19). The second-order valence-corrected chi connectivity index (χ2v) is 3.89. The van der Waals surface area contributed by atoms with E-state index in [1.54, 1.807) is 6.07 Å². The fourth-order valence-electron chi connectivity index (χ4n) is 1.73. The van der Waals surface area contributed by atoms with Gasteiger partial charge < -0.3 is 10.6 Å². The molecule has 0 aliphatic rings. The molecule has 0 aliphatic carbocycles. The maximum Gasteiger partial charge on any atom is 0.256 e. The zero-order valence-corrected chi connectivity index (χ0v) is 10.4. The van der Waals surface area contributed by atoms with Crippen LogP contribution in [0.25, 0.3) is 5.78 Å². The van der Waals surface area contributed by atoms with Crippen LogP contribution in [0.1, 0.15) is 0 Å². The minimum Gasteiger partial charge on any atom is -0.307 e. The predicted molar refractivity (Wildman–Crippen MR) is 70.1 cm³/mol. The van der Waals surface area contributed by atoms with Gasteiger partial charge in [0, 0.05) is 6.07 Å². The van der Waals surface area contributed by atoms with Gasteiger partial charge >= 0.3 is 0 Å². The van der Waals surface area contributed by atoms with Crippen molar-refractivity contribution in [2.24, 2.45) is 0 Å². The van der Waals surface area contributed by atoms with Crippen LogP contribution < -0.4 is 10.6 Å². The Kier molecular flexibility index (Phi) is 2.42. The normalized spacial score (nSPS) is 10.9. The smallest absolute Gasteiger partial charge is 0.256 e. The van der Waals surface area contributed by atoms with E-state index >= 15 is 0 Å². The van der Waals surface area contributed by atoms with Crippen LogP contribution in [0, 0.1) is 0 Å². The minimum absolute atomic E-state index is 0.398. The van der Waals surface area contributed by atoms with Crippen molar-refractivity contribution in [3.63, 3.8) is 0 Å². The Morgan fingerprint density at radius 2 is 1.71 bits per heavy atom. The third-order valence-corrected chi connectivity index (χ3v) is 2.56. The van der Waals surface area contributed by atoms with Crippen LogP contribution in [0.2, 0.25) is 0 Å². The zero-order chi connectivity index (χ0) is 14.1. The van der Waals surface area contributed by atoms with E-state index < -0.39 is 0 Å². The summed E-state index contributed by atoms with van der Waals surface area (Å²) >= 11 is 0. The average Bonchev–Trinajstić information content (AvgIpc) is 3.19. The summed E-state index contributed by atoms with van der Waals surface area (Å²) in [6.45, 7) is 0. The molecule has 4 aromatic rings. The Hall–Kier alpha value is -3.57. The van der Waals surface area contributed by atoms with Crippen LogP contribution in [-0.4, -0.2) is 49.9 Å². The molecule has 4 N–H and O–H groups in total. The molecular weight excluding hydrogens is 276 g/mol. The highest BCUT2D eigenvalue weighted by Gasteiger charge is 2.10. The van der Waals surface area contributed by atoms with E-state index in [-0.39, 0.29) is 0 Å². The van der Waals surface area contributed by atoms with Gasteiger partial charge in [0.1, 0.15) is 30.6 Å². The summed E-state index contributed by atoms with van der Waals surface area (Å²) in [7, 11) is 0. The molecule has 0 saturated carbocycles. The Morgan fingerprint density at radius 1 is 0.952 bits per heavy atom. The largest absolute Gasteiger partial charge is 0.307 e. The summed E-state index contributed by atoms with van der Waals surface area (Å²) in [4.78, 5) is 16.3. The van der Waals surface area contributed by atoms with Gasteiger partial charge in [-0.05, 0) is 0 Å². The molecule has 4 rings (SSSR count). The lowest BCUT2D eigenvalue weighted by Crippen LogP contribution is -2.05. The van der Waals surface area contributed by atoms with Crippen molar-refractivity contribution in [2.75, 3.05) is 10.6 Å². The highest BCUT2D eigenvalue weighted by molar-refractivity contribution is 5.61. The predicted octanol–water partition coefficient (Wildman–Crippen LogP) is -0.152. The first kappa shape index (κ1) is 11.3. The number of nitrogens with zero attached hydrogens (tertiary/aromatic N) is 8. The van der Waals surface area contributed by atoms with Gasteiger partial charge in [-0.2, -0.15) is 19.6 Å². The third kappa shape index (κ3) is 2.09. The summed E-state index contributed by atoms with van der Waals surface area (Å²) < 4.78 is 1.53. The molecule has 12 heteroatoms. The SMILES string of the molecule is c1nc2nc(Nc3nc[nH]n3)cc(Nc3nc[nH]n3)n2n1. The lowest BCUT2D eigenvalue weighted by atomic mass is 10.5. The van der Waals surface area contributed by atoms with Gasteiger partial charge in [-0.3, -0.25) is 10.2 Å². The van der Waals surface area contributed by atoms with E-state index in [9.17, 15) is 0 Å². The lowest BCUT2D eigenvalue weighted by molar-refractivity contribution is 0.942. The summed E-state index contributed by atoms with van der Waals surface area (Å²) in [5, 5.41) is 23.1. The zero-order valence-electron chi connectivity index (χ0n) is 10.4. The molecule has 21 heavy (non-hydrogen) atoms. The summed E-state index contributed by atoms with van der Waals surface area (Å²) in [6.07, 6.45) is 4.33. The highest BCUT2D eigenvalue weighted by atomic mass is 15.4. The van der Waals surface area contributed by atoms with E-state index in [4.69, 9.17) is 0 Å². The molecule has 0 radical (unpaired) electrons. The van der Waals surface area contributed by atoms with E-state index in [0.717, 1.165) is 0 Å². The third-order valence-electron chi connectivity index (χ3n) is 2.56. The minimum atomic E-state index is 0.398. The van der Waals surface area contributed by atoms with Gasteiger partial charge in [-0.15, -0.1) is 10.2 Å². The van der Waals surface area contributed by atoms with Gasteiger partial charge in [-0.1, -0.05) is 0 Å². The average molecular weight is 284 g/mol. The number of aromatic nitrogens is 10. The molecule has 0 amide bonds. The lowest BCUT2D eigenvalue weighted by Gasteiger charge is -2.07. The molecule has 0 aromatic carbocycles. The second kappa shape index (κ2) is 4.52. The Labute approximate surface area is 116 Å². The molecule has 12 nitrogen and oxygen atoms in total. The molecule has 0 aliphatic heterocycles. The quantitative estimate of drug-likeness (QED) is 0.401. The van der Waals surface area contributed by atoms with Crippen molar-refractivity contribution in [3.8, 4) is 0 Å². The molecule has 0 bridgehead atoms. The number of hydrogen-bond acceptors (Lipinski definition) is 9. The summed E-state index contributed by atoms with van der Waals surface area (Å²) in [5.41, 5.74) is 0. The molecule has 0 saturated heterocycles. The number of nitrogens with one attached hydrogen (secondary N) is 4. The van der Waals surface area contributed by atoms with Crippen LogP contribution in [0.15, 0.2) is 25.0 Å². The maximum atomic E-state index is 4.30. The molecule has 0 atom stereocenters. The van der Waals surface area contributed by atoms with Crippen molar-refractivity contribution in [1.29, 1.82) is 0 Å². The van der Waals surface area contributed by atoms with Crippen LogP contribution in [0.3, 0.4) is 0 Å². The Bertz CT molecular complexity index is 844. The molecule has 0 spiro atoms. The van der Waals surface area contributed by atoms with E-state index in [0.29, 0.717) is 29.3 Å². The number of aromatic amines is 2. The first-order valence-electron chi connectivity index (χ1n) is 5.85. The van der Waals surface area contributed by atoms with Gasteiger partial charge in [0.15, 0.2) is 0 Å². The number of anilines is 4. The van der Waals surface area contributed by atoms with Gasteiger partial charge in [-0.25, -0.2) is 9.97 Å². The second-order valence-electron chi connectivity index (χ2n) is 3.89. The fraction of sp³-hybridized carbons (Fsp3) is 0.